The van der Waals surface area contributed by atoms with Crippen molar-refractivity contribution >= 4 is 40.3 Å². The zero-order valence-electron chi connectivity index (χ0n) is 14.3. The lowest BCUT2D eigenvalue weighted by Crippen LogP contribution is -2.31. The second-order valence-electron chi connectivity index (χ2n) is 5.61. The molecule has 2 aliphatic rings. The van der Waals surface area contributed by atoms with Crippen molar-refractivity contribution in [1.29, 1.82) is 0 Å². The molecule has 0 bridgehead atoms. The molecular formula is C18H19NO4S2. The van der Waals surface area contributed by atoms with Gasteiger partial charge in [-0.1, -0.05) is 36.1 Å². The maximum absolute atomic E-state index is 12.6. The van der Waals surface area contributed by atoms with Gasteiger partial charge in [0.2, 0.25) is 0 Å². The smallest absolute Gasteiger partial charge is 0.266 e. The lowest BCUT2D eigenvalue weighted by molar-refractivity contribution is -0.122. The van der Waals surface area contributed by atoms with Crippen LogP contribution in [0.5, 0.6) is 11.5 Å². The minimum Gasteiger partial charge on any atom is -0.493 e. The summed E-state index contributed by atoms with van der Waals surface area (Å²) in [6.07, 6.45) is 3.69. The number of hydrogen-bond donors (Lipinski definition) is 0. The SMILES string of the molecule is COCCN1C(=O)C(=CC2=Cc3cccc(OC)c3OC2C)SC1=S. The Labute approximate surface area is 156 Å². The summed E-state index contributed by atoms with van der Waals surface area (Å²) < 4.78 is 16.9. The number of thiocarbonyl (C=S) groups is 1. The number of carbonyl (C=O) groups excluding carboxylic acids is 1. The van der Waals surface area contributed by atoms with Crippen molar-refractivity contribution in [3.63, 3.8) is 0 Å². The topological polar surface area (TPSA) is 48.0 Å². The number of para-hydroxylation sites is 1. The first-order chi connectivity index (χ1) is 12.0. The van der Waals surface area contributed by atoms with Crippen LogP contribution in [-0.2, 0) is 9.53 Å². The summed E-state index contributed by atoms with van der Waals surface area (Å²) in [5, 5.41) is 0. The third kappa shape index (κ3) is 3.58. The maximum Gasteiger partial charge on any atom is 0.266 e. The Morgan fingerprint density at radius 3 is 2.92 bits per heavy atom. The third-order valence-corrected chi connectivity index (χ3v) is 5.38. The van der Waals surface area contributed by atoms with E-state index in [0.29, 0.717) is 28.1 Å². The van der Waals surface area contributed by atoms with Gasteiger partial charge in [-0.2, -0.15) is 0 Å². The van der Waals surface area contributed by atoms with E-state index < -0.39 is 0 Å². The molecule has 132 valence electrons. The first-order valence-corrected chi connectivity index (χ1v) is 9.07. The zero-order chi connectivity index (χ0) is 18.0. The van der Waals surface area contributed by atoms with Gasteiger partial charge in [-0.05, 0) is 30.7 Å². The van der Waals surface area contributed by atoms with Crippen molar-refractivity contribution in [2.45, 2.75) is 13.0 Å². The average Bonchev–Trinajstić information content (AvgIpc) is 2.86. The van der Waals surface area contributed by atoms with Crippen LogP contribution < -0.4 is 9.47 Å². The van der Waals surface area contributed by atoms with Gasteiger partial charge in [0.1, 0.15) is 10.4 Å². The van der Waals surface area contributed by atoms with Crippen molar-refractivity contribution in [3.05, 3.63) is 40.3 Å². The van der Waals surface area contributed by atoms with E-state index in [1.807, 2.05) is 37.3 Å². The number of hydrogen-bond acceptors (Lipinski definition) is 6. The van der Waals surface area contributed by atoms with Crippen LogP contribution in [0.1, 0.15) is 12.5 Å². The van der Waals surface area contributed by atoms with Gasteiger partial charge in [0, 0.05) is 12.7 Å². The molecule has 0 aromatic heterocycles. The summed E-state index contributed by atoms with van der Waals surface area (Å²) in [4.78, 5) is 14.7. The van der Waals surface area contributed by atoms with Gasteiger partial charge in [-0.15, -0.1) is 0 Å². The molecule has 1 unspecified atom stereocenters. The zero-order valence-corrected chi connectivity index (χ0v) is 15.9. The predicted molar refractivity (Wildman–Crippen MR) is 103 cm³/mol. The van der Waals surface area contributed by atoms with Gasteiger partial charge in [0.25, 0.3) is 5.91 Å². The second kappa shape index (κ2) is 7.59. The number of methoxy groups -OCH3 is 2. The minimum atomic E-state index is -0.189. The fourth-order valence-electron chi connectivity index (χ4n) is 2.66. The van der Waals surface area contributed by atoms with Crippen LogP contribution in [0.2, 0.25) is 0 Å². The Morgan fingerprint density at radius 1 is 1.40 bits per heavy atom. The van der Waals surface area contributed by atoms with Crippen molar-refractivity contribution in [2.75, 3.05) is 27.4 Å². The molecular weight excluding hydrogens is 358 g/mol. The van der Waals surface area contributed by atoms with E-state index in [9.17, 15) is 4.79 Å². The van der Waals surface area contributed by atoms with E-state index in [1.54, 1.807) is 19.1 Å². The summed E-state index contributed by atoms with van der Waals surface area (Å²) in [6.45, 7) is 2.86. The van der Waals surface area contributed by atoms with Crippen LogP contribution >= 0.6 is 24.0 Å². The highest BCUT2D eigenvalue weighted by Gasteiger charge is 2.32. The Bertz CT molecular complexity index is 772. The minimum absolute atomic E-state index is 0.0865. The first-order valence-electron chi connectivity index (χ1n) is 7.84. The van der Waals surface area contributed by atoms with E-state index in [-0.39, 0.29) is 12.0 Å². The number of benzene rings is 1. The summed E-state index contributed by atoms with van der Waals surface area (Å²) >= 11 is 6.61. The van der Waals surface area contributed by atoms with E-state index in [0.717, 1.165) is 16.9 Å². The predicted octanol–water partition coefficient (Wildman–Crippen LogP) is 3.25. The van der Waals surface area contributed by atoms with E-state index in [2.05, 4.69) is 0 Å². The van der Waals surface area contributed by atoms with Gasteiger partial charge in [0.15, 0.2) is 11.5 Å². The van der Waals surface area contributed by atoms with Crippen LogP contribution in [0.15, 0.2) is 34.8 Å². The number of fused-ring (bicyclic) bond motifs is 1. The number of nitrogens with zero attached hydrogens (tertiary/aromatic N) is 1. The summed E-state index contributed by atoms with van der Waals surface area (Å²) in [5.74, 6) is 1.34. The molecule has 1 saturated heterocycles. The van der Waals surface area contributed by atoms with Crippen LogP contribution in [0.25, 0.3) is 6.08 Å². The molecule has 0 radical (unpaired) electrons. The Morgan fingerprint density at radius 2 is 2.20 bits per heavy atom. The summed E-state index contributed by atoms with van der Waals surface area (Å²) in [6, 6.07) is 5.74. The Balaban J connectivity index is 1.89. The molecule has 1 aromatic rings. The molecule has 2 aliphatic heterocycles. The number of carbonyl (C=O) groups is 1. The number of amides is 1. The molecule has 1 fully saturated rings. The van der Waals surface area contributed by atoms with Crippen molar-refractivity contribution < 1.29 is 19.0 Å². The van der Waals surface area contributed by atoms with Gasteiger partial charge >= 0.3 is 0 Å². The second-order valence-corrected chi connectivity index (χ2v) is 7.28. The lowest BCUT2D eigenvalue weighted by atomic mass is 10.0. The first kappa shape index (κ1) is 18.0. The number of thioether (sulfide) groups is 1. The Hall–Kier alpha value is -1.83. The molecule has 2 heterocycles. The molecule has 0 aliphatic carbocycles. The van der Waals surface area contributed by atoms with Gasteiger partial charge in [-0.25, -0.2) is 0 Å². The third-order valence-electron chi connectivity index (χ3n) is 4.01. The van der Waals surface area contributed by atoms with Crippen LogP contribution in [0.4, 0.5) is 0 Å². The molecule has 1 aromatic carbocycles. The van der Waals surface area contributed by atoms with Gasteiger partial charge in [-0.3, -0.25) is 9.69 Å². The molecule has 5 nitrogen and oxygen atoms in total. The molecule has 25 heavy (non-hydrogen) atoms. The van der Waals surface area contributed by atoms with E-state index in [1.165, 1.54) is 11.8 Å². The molecule has 0 N–H and O–H groups in total. The molecule has 1 amide bonds. The van der Waals surface area contributed by atoms with E-state index >= 15 is 0 Å². The van der Waals surface area contributed by atoms with Crippen molar-refractivity contribution in [3.8, 4) is 11.5 Å². The molecule has 1 atom stereocenters. The fraction of sp³-hybridized carbons (Fsp3) is 0.333. The van der Waals surface area contributed by atoms with Crippen molar-refractivity contribution in [1.82, 2.24) is 4.90 Å². The largest absolute Gasteiger partial charge is 0.493 e. The standard InChI is InChI=1S/C18H19NO4S2/c1-11-13(9-12-5-4-6-14(22-3)16(12)23-11)10-15-17(20)19(7-8-21-2)18(24)25-15/h4-6,9-11H,7-8H2,1-3H3. The molecule has 7 heteroatoms. The van der Waals surface area contributed by atoms with E-state index in [4.69, 9.17) is 26.4 Å². The maximum atomic E-state index is 12.6. The quantitative estimate of drug-likeness (QED) is 0.580. The van der Waals surface area contributed by atoms with Crippen LogP contribution in [-0.4, -0.2) is 48.6 Å². The lowest BCUT2D eigenvalue weighted by Gasteiger charge is -2.24. The normalized spacial score (nSPS) is 21.2. The summed E-state index contributed by atoms with van der Waals surface area (Å²) in [7, 11) is 3.22. The van der Waals surface area contributed by atoms with Gasteiger partial charge < -0.3 is 14.2 Å². The van der Waals surface area contributed by atoms with Crippen LogP contribution in [0.3, 0.4) is 0 Å². The Kier molecular flexibility index (Phi) is 5.46. The molecule has 0 saturated carbocycles. The number of ether oxygens (including phenoxy) is 3. The molecule has 0 spiro atoms. The van der Waals surface area contributed by atoms with Crippen LogP contribution in [0, 0.1) is 0 Å². The number of rotatable bonds is 5. The highest BCUT2D eigenvalue weighted by molar-refractivity contribution is 8.26. The summed E-state index contributed by atoms with van der Waals surface area (Å²) in [5.41, 5.74) is 1.85. The molecule has 3 rings (SSSR count). The fourth-order valence-corrected chi connectivity index (χ4v) is 3.97. The highest BCUT2D eigenvalue weighted by atomic mass is 32.2. The van der Waals surface area contributed by atoms with Crippen molar-refractivity contribution in [2.24, 2.45) is 0 Å². The monoisotopic (exact) mass is 377 g/mol. The highest BCUT2D eigenvalue weighted by Crippen LogP contribution is 2.39. The van der Waals surface area contributed by atoms with Gasteiger partial charge in [0.05, 0.1) is 25.2 Å². The average molecular weight is 377 g/mol.